The standard InChI is InChI=1S/C14H27N5O3S/c1-10(2)14(4,9-15)18-12(20)6-7-16-23(21,22)13-8-19(5)11(3)17-13/h8,10,16H,6-7,9,15H2,1-5H3,(H,18,20). The molecule has 9 heteroatoms. The summed E-state index contributed by atoms with van der Waals surface area (Å²) in [5.41, 5.74) is 5.20. The Labute approximate surface area is 137 Å². The molecule has 0 fully saturated rings. The summed E-state index contributed by atoms with van der Waals surface area (Å²) in [6.45, 7) is 7.85. The summed E-state index contributed by atoms with van der Waals surface area (Å²) < 4.78 is 28.2. The van der Waals surface area contributed by atoms with Gasteiger partial charge >= 0.3 is 0 Å². The maximum atomic E-state index is 12.1. The monoisotopic (exact) mass is 345 g/mol. The van der Waals surface area contributed by atoms with Crippen molar-refractivity contribution in [2.24, 2.45) is 18.7 Å². The molecule has 4 N–H and O–H groups in total. The van der Waals surface area contributed by atoms with Crippen LogP contribution >= 0.6 is 0 Å². The number of carbonyl (C=O) groups is 1. The molecule has 0 aliphatic heterocycles. The number of nitrogens with one attached hydrogen (secondary N) is 2. The van der Waals surface area contributed by atoms with Crippen LogP contribution in [0.2, 0.25) is 0 Å². The first-order valence-electron chi connectivity index (χ1n) is 7.52. The third kappa shape index (κ3) is 5.02. The van der Waals surface area contributed by atoms with Crippen molar-refractivity contribution in [3.8, 4) is 0 Å². The first kappa shape index (κ1) is 19.6. The van der Waals surface area contributed by atoms with E-state index in [0.29, 0.717) is 12.4 Å². The number of rotatable bonds is 8. The van der Waals surface area contributed by atoms with E-state index in [2.05, 4.69) is 15.0 Å². The molecule has 1 atom stereocenters. The number of carbonyl (C=O) groups excluding carboxylic acids is 1. The fourth-order valence-corrected chi connectivity index (χ4v) is 2.91. The molecule has 1 amide bonds. The Morgan fingerprint density at radius 2 is 2.09 bits per heavy atom. The lowest BCUT2D eigenvalue weighted by Gasteiger charge is -2.33. The van der Waals surface area contributed by atoms with E-state index >= 15 is 0 Å². The van der Waals surface area contributed by atoms with E-state index < -0.39 is 15.6 Å². The predicted octanol–water partition coefficient (Wildman–Crippen LogP) is -0.113. The molecule has 132 valence electrons. The molecule has 1 rings (SSSR count). The van der Waals surface area contributed by atoms with Crippen molar-refractivity contribution in [3.05, 3.63) is 12.0 Å². The maximum absolute atomic E-state index is 12.1. The zero-order valence-corrected chi connectivity index (χ0v) is 15.2. The van der Waals surface area contributed by atoms with Gasteiger partial charge in [-0.15, -0.1) is 0 Å². The summed E-state index contributed by atoms with van der Waals surface area (Å²) in [5, 5.41) is 2.81. The average Bonchev–Trinajstić information content (AvgIpc) is 2.79. The van der Waals surface area contributed by atoms with Gasteiger partial charge in [-0.2, -0.15) is 0 Å². The number of sulfonamides is 1. The lowest BCUT2D eigenvalue weighted by molar-refractivity contribution is -0.123. The Hall–Kier alpha value is -1.45. The van der Waals surface area contributed by atoms with Gasteiger partial charge in [-0.05, 0) is 19.8 Å². The Morgan fingerprint density at radius 1 is 1.48 bits per heavy atom. The number of hydrogen-bond acceptors (Lipinski definition) is 5. The molecule has 0 radical (unpaired) electrons. The smallest absolute Gasteiger partial charge is 0.259 e. The van der Waals surface area contributed by atoms with E-state index in [9.17, 15) is 13.2 Å². The van der Waals surface area contributed by atoms with E-state index in [1.54, 1.807) is 18.5 Å². The van der Waals surface area contributed by atoms with Crippen LogP contribution in [0, 0.1) is 12.8 Å². The summed E-state index contributed by atoms with van der Waals surface area (Å²) in [7, 11) is -1.99. The molecular formula is C14H27N5O3S. The fourth-order valence-electron chi connectivity index (χ4n) is 1.84. The van der Waals surface area contributed by atoms with Gasteiger partial charge in [-0.25, -0.2) is 18.1 Å². The van der Waals surface area contributed by atoms with Gasteiger partial charge < -0.3 is 15.6 Å². The Morgan fingerprint density at radius 3 is 2.52 bits per heavy atom. The summed E-state index contributed by atoms with van der Waals surface area (Å²) in [6.07, 6.45) is 1.47. The molecule has 8 nitrogen and oxygen atoms in total. The molecule has 0 aliphatic carbocycles. The van der Waals surface area contributed by atoms with E-state index in [-0.39, 0.29) is 29.8 Å². The zero-order chi connectivity index (χ0) is 17.8. The predicted molar refractivity (Wildman–Crippen MR) is 88.2 cm³/mol. The molecule has 1 heterocycles. The number of nitrogens with zero attached hydrogens (tertiary/aromatic N) is 2. The van der Waals surface area contributed by atoms with Crippen molar-refractivity contribution in [2.45, 2.75) is 44.7 Å². The van der Waals surface area contributed by atoms with Gasteiger partial charge in [0, 0.05) is 32.8 Å². The van der Waals surface area contributed by atoms with E-state index in [4.69, 9.17) is 5.73 Å². The normalized spacial score (nSPS) is 14.7. The minimum Gasteiger partial charge on any atom is -0.349 e. The summed E-state index contributed by atoms with van der Waals surface area (Å²) in [4.78, 5) is 16.0. The first-order valence-corrected chi connectivity index (χ1v) is 9.01. The Balaban J connectivity index is 2.58. The second kappa shape index (κ2) is 7.41. The second-order valence-electron chi connectivity index (χ2n) is 6.21. The van der Waals surface area contributed by atoms with Gasteiger partial charge in [-0.1, -0.05) is 13.8 Å². The summed E-state index contributed by atoms with van der Waals surface area (Å²) in [6, 6.07) is 0. The Kier molecular flexibility index (Phi) is 6.32. The Bertz CT molecular complexity index is 634. The molecule has 1 aromatic heterocycles. The van der Waals surface area contributed by atoms with Gasteiger partial charge in [0.15, 0.2) is 5.03 Å². The number of amides is 1. The van der Waals surface area contributed by atoms with Gasteiger partial charge in [0.1, 0.15) is 5.82 Å². The van der Waals surface area contributed by atoms with Crippen LogP contribution in [0.1, 0.15) is 33.0 Å². The van der Waals surface area contributed by atoms with Crippen LogP contribution in [0.4, 0.5) is 0 Å². The quantitative estimate of drug-likeness (QED) is 0.607. The number of aryl methyl sites for hydroxylation is 2. The van der Waals surface area contributed by atoms with Crippen molar-refractivity contribution in [2.75, 3.05) is 13.1 Å². The van der Waals surface area contributed by atoms with Crippen molar-refractivity contribution >= 4 is 15.9 Å². The van der Waals surface area contributed by atoms with E-state index in [1.165, 1.54) is 6.20 Å². The van der Waals surface area contributed by atoms with Gasteiger partial charge in [0.2, 0.25) is 5.91 Å². The van der Waals surface area contributed by atoms with Crippen LogP contribution < -0.4 is 15.8 Å². The van der Waals surface area contributed by atoms with Crippen molar-refractivity contribution in [3.63, 3.8) is 0 Å². The number of hydrogen-bond donors (Lipinski definition) is 3. The lowest BCUT2D eigenvalue weighted by atomic mass is 9.88. The highest BCUT2D eigenvalue weighted by Crippen LogP contribution is 2.14. The minimum absolute atomic E-state index is 0.00252. The van der Waals surface area contributed by atoms with Gasteiger partial charge in [-0.3, -0.25) is 4.79 Å². The molecule has 23 heavy (non-hydrogen) atoms. The first-order chi connectivity index (χ1) is 10.5. The second-order valence-corrected chi connectivity index (χ2v) is 7.92. The van der Waals surface area contributed by atoms with Crippen LogP contribution in [0.15, 0.2) is 11.2 Å². The minimum atomic E-state index is -3.71. The van der Waals surface area contributed by atoms with Gasteiger partial charge in [0.05, 0.1) is 5.54 Å². The molecule has 0 aliphatic rings. The highest BCUT2D eigenvalue weighted by Gasteiger charge is 2.28. The third-order valence-corrected chi connectivity index (χ3v) is 5.46. The van der Waals surface area contributed by atoms with E-state index in [0.717, 1.165) is 0 Å². The van der Waals surface area contributed by atoms with Crippen LogP contribution in [0.5, 0.6) is 0 Å². The van der Waals surface area contributed by atoms with Crippen LogP contribution in [0.25, 0.3) is 0 Å². The highest BCUT2D eigenvalue weighted by molar-refractivity contribution is 7.89. The summed E-state index contributed by atoms with van der Waals surface area (Å²) in [5.74, 6) is 0.523. The van der Waals surface area contributed by atoms with Gasteiger partial charge in [0.25, 0.3) is 10.0 Å². The molecule has 1 aromatic rings. The van der Waals surface area contributed by atoms with Crippen LogP contribution in [-0.4, -0.2) is 42.5 Å². The van der Waals surface area contributed by atoms with E-state index in [1.807, 2.05) is 20.8 Å². The topological polar surface area (TPSA) is 119 Å². The molecular weight excluding hydrogens is 318 g/mol. The number of nitrogens with two attached hydrogens (primary N) is 1. The largest absolute Gasteiger partial charge is 0.349 e. The van der Waals surface area contributed by atoms with Crippen molar-refractivity contribution in [1.29, 1.82) is 0 Å². The highest BCUT2D eigenvalue weighted by atomic mass is 32.2. The number of aromatic nitrogens is 2. The molecule has 0 saturated carbocycles. The molecule has 0 bridgehead atoms. The van der Waals surface area contributed by atoms with Crippen molar-refractivity contribution in [1.82, 2.24) is 19.6 Å². The third-order valence-electron chi connectivity index (χ3n) is 4.13. The zero-order valence-electron chi connectivity index (χ0n) is 14.4. The number of imidazole rings is 1. The van der Waals surface area contributed by atoms with Crippen LogP contribution in [-0.2, 0) is 21.9 Å². The average molecular weight is 345 g/mol. The van der Waals surface area contributed by atoms with Crippen molar-refractivity contribution < 1.29 is 13.2 Å². The SMILES string of the molecule is Cc1nc(S(=O)(=O)NCCC(=O)NC(C)(CN)C(C)C)cn1C. The maximum Gasteiger partial charge on any atom is 0.259 e. The van der Waals surface area contributed by atoms with Crippen LogP contribution in [0.3, 0.4) is 0 Å². The molecule has 0 saturated heterocycles. The lowest BCUT2D eigenvalue weighted by Crippen LogP contribution is -2.55. The molecule has 1 unspecified atom stereocenters. The molecule has 0 aromatic carbocycles. The fraction of sp³-hybridized carbons (Fsp3) is 0.714. The molecule has 0 spiro atoms. The summed E-state index contributed by atoms with van der Waals surface area (Å²) >= 11 is 0.